The molecule has 2 aliphatic heterocycles. The fourth-order valence-corrected chi connectivity index (χ4v) is 4.93. The SMILES string of the molecule is CNC(=O)c1cc(C(=O)NC2C3CNC[C@@H]32)cc2c1O[C@H](C)[C@H]2c1ccccc1. The van der Waals surface area contributed by atoms with Gasteiger partial charge in [-0.3, -0.25) is 9.59 Å². The minimum Gasteiger partial charge on any atom is -0.489 e. The van der Waals surface area contributed by atoms with Crippen LogP contribution in [0.1, 0.15) is 44.7 Å². The zero-order valence-electron chi connectivity index (χ0n) is 16.6. The number of amides is 2. The highest BCUT2D eigenvalue weighted by Crippen LogP contribution is 2.45. The Morgan fingerprint density at radius 1 is 1.07 bits per heavy atom. The third-order valence-electron chi connectivity index (χ3n) is 6.51. The summed E-state index contributed by atoms with van der Waals surface area (Å²) in [6.45, 7) is 3.93. The van der Waals surface area contributed by atoms with Crippen molar-refractivity contribution in [3.05, 3.63) is 64.7 Å². The molecule has 2 amide bonds. The summed E-state index contributed by atoms with van der Waals surface area (Å²) < 4.78 is 6.12. The summed E-state index contributed by atoms with van der Waals surface area (Å²) in [5.74, 6) is 1.26. The molecule has 2 heterocycles. The smallest absolute Gasteiger partial charge is 0.254 e. The van der Waals surface area contributed by atoms with Crippen molar-refractivity contribution in [3.8, 4) is 5.75 Å². The van der Waals surface area contributed by atoms with Crippen LogP contribution in [0, 0.1) is 11.8 Å². The molecule has 5 rings (SSSR count). The van der Waals surface area contributed by atoms with Gasteiger partial charge < -0.3 is 20.7 Å². The van der Waals surface area contributed by atoms with E-state index in [0.717, 1.165) is 24.2 Å². The summed E-state index contributed by atoms with van der Waals surface area (Å²) in [6.07, 6.45) is -0.122. The van der Waals surface area contributed by atoms with Gasteiger partial charge in [0.25, 0.3) is 11.8 Å². The average Bonchev–Trinajstić information content (AvgIpc) is 3.08. The quantitative estimate of drug-likeness (QED) is 0.744. The molecule has 0 spiro atoms. The van der Waals surface area contributed by atoms with E-state index in [2.05, 4.69) is 28.1 Å². The van der Waals surface area contributed by atoms with Crippen LogP contribution in [0.4, 0.5) is 0 Å². The molecule has 1 saturated carbocycles. The van der Waals surface area contributed by atoms with E-state index in [-0.39, 0.29) is 29.9 Å². The number of benzene rings is 2. The van der Waals surface area contributed by atoms with Gasteiger partial charge in [0, 0.05) is 43.2 Å². The number of rotatable bonds is 4. The molecule has 150 valence electrons. The summed E-state index contributed by atoms with van der Waals surface area (Å²) in [5.41, 5.74) is 2.94. The first-order valence-electron chi connectivity index (χ1n) is 10.2. The lowest BCUT2D eigenvalue weighted by molar-refractivity contribution is 0.0946. The Morgan fingerprint density at radius 2 is 1.79 bits per heavy atom. The number of piperidine rings is 1. The zero-order chi connectivity index (χ0) is 20.1. The van der Waals surface area contributed by atoms with E-state index in [1.807, 2.05) is 31.2 Å². The minimum absolute atomic E-state index is 0.0214. The molecular formula is C23H25N3O3. The van der Waals surface area contributed by atoms with Crippen molar-refractivity contribution >= 4 is 11.8 Å². The van der Waals surface area contributed by atoms with Gasteiger partial charge in [-0.15, -0.1) is 0 Å². The number of carbonyl (C=O) groups excluding carboxylic acids is 2. The van der Waals surface area contributed by atoms with Gasteiger partial charge in [-0.25, -0.2) is 0 Å². The normalized spacial score (nSPS) is 28.8. The molecule has 6 nitrogen and oxygen atoms in total. The van der Waals surface area contributed by atoms with Crippen molar-refractivity contribution in [2.45, 2.75) is 25.0 Å². The maximum Gasteiger partial charge on any atom is 0.254 e. The van der Waals surface area contributed by atoms with Crippen molar-refractivity contribution < 1.29 is 14.3 Å². The van der Waals surface area contributed by atoms with E-state index in [9.17, 15) is 9.59 Å². The molecule has 0 aromatic heterocycles. The van der Waals surface area contributed by atoms with Crippen LogP contribution < -0.4 is 20.7 Å². The van der Waals surface area contributed by atoms with E-state index in [4.69, 9.17) is 4.74 Å². The Balaban J connectivity index is 1.53. The van der Waals surface area contributed by atoms with Gasteiger partial charge in [-0.05, 0) is 36.5 Å². The van der Waals surface area contributed by atoms with Crippen LogP contribution in [0.15, 0.2) is 42.5 Å². The van der Waals surface area contributed by atoms with Gasteiger partial charge in [-0.1, -0.05) is 30.3 Å². The van der Waals surface area contributed by atoms with Crippen molar-refractivity contribution in [1.29, 1.82) is 0 Å². The summed E-state index contributed by atoms with van der Waals surface area (Å²) >= 11 is 0. The summed E-state index contributed by atoms with van der Waals surface area (Å²) in [7, 11) is 1.59. The van der Waals surface area contributed by atoms with Gasteiger partial charge in [0.1, 0.15) is 11.9 Å². The molecule has 3 aliphatic rings. The van der Waals surface area contributed by atoms with Gasteiger partial charge in [0.2, 0.25) is 0 Å². The third kappa shape index (κ3) is 2.99. The Hall–Kier alpha value is -2.86. The molecule has 3 N–H and O–H groups in total. The average molecular weight is 391 g/mol. The number of nitrogens with one attached hydrogen (secondary N) is 3. The fourth-order valence-electron chi connectivity index (χ4n) is 4.93. The Morgan fingerprint density at radius 3 is 2.48 bits per heavy atom. The topological polar surface area (TPSA) is 79.5 Å². The van der Waals surface area contributed by atoms with Crippen molar-refractivity contribution in [2.24, 2.45) is 11.8 Å². The van der Waals surface area contributed by atoms with Crippen molar-refractivity contribution in [1.82, 2.24) is 16.0 Å². The highest BCUT2D eigenvalue weighted by atomic mass is 16.5. The van der Waals surface area contributed by atoms with Crippen LogP contribution in [0.25, 0.3) is 0 Å². The van der Waals surface area contributed by atoms with E-state index >= 15 is 0 Å². The largest absolute Gasteiger partial charge is 0.489 e. The molecule has 0 radical (unpaired) electrons. The van der Waals surface area contributed by atoms with E-state index in [1.54, 1.807) is 13.1 Å². The molecule has 0 bridgehead atoms. The molecular weight excluding hydrogens is 366 g/mol. The molecule has 5 atom stereocenters. The molecule has 1 aliphatic carbocycles. The van der Waals surface area contributed by atoms with Crippen LogP contribution in [0.5, 0.6) is 5.75 Å². The zero-order valence-corrected chi connectivity index (χ0v) is 16.6. The van der Waals surface area contributed by atoms with E-state index in [1.165, 1.54) is 0 Å². The summed E-state index contributed by atoms with van der Waals surface area (Å²) in [5, 5.41) is 9.17. The van der Waals surface area contributed by atoms with Gasteiger partial charge >= 0.3 is 0 Å². The van der Waals surface area contributed by atoms with E-state index in [0.29, 0.717) is 28.7 Å². The van der Waals surface area contributed by atoms with Crippen molar-refractivity contribution in [3.63, 3.8) is 0 Å². The fraction of sp³-hybridized carbons (Fsp3) is 0.391. The lowest BCUT2D eigenvalue weighted by Crippen LogP contribution is -2.32. The van der Waals surface area contributed by atoms with Gasteiger partial charge in [0.15, 0.2) is 0 Å². The monoisotopic (exact) mass is 391 g/mol. The second kappa shape index (κ2) is 6.88. The first-order chi connectivity index (χ1) is 14.1. The Bertz CT molecular complexity index is 965. The second-order valence-corrected chi connectivity index (χ2v) is 8.22. The lowest BCUT2D eigenvalue weighted by Gasteiger charge is -2.15. The predicted molar refractivity (Wildman–Crippen MR) is 109 cm³/mol. The van der Waals surface area contributed by atoms with Gasteiger partial charge in [0.05, 0.1) is 5.56 Å². The number of hydrogen-bond donors (Lipinski definition) is 3. The number of hydrogen-bond acceptors (Lipinski definition) is 4. The summed E-state index contributed by atoms with van der Waals surface area (Å²) in [4.78, 5) is 25.6. The van der Waals surface area contributed by atoms with Crippen LogP contribution >= 0.6 is 0 Å². The number of carbonyl (C=O) groups is 2. The molecule has 2 fully saturated rings. The van der Waals surface area contributed by atoms with E-state index < -0.39 is 0 Å². The van der Waals surface area contributed by atoms with Crippen LogP contribution in [-0.4, -0.2) is 44.1 Å². The van der Waals surface area contributed by atoms with Crippen LogP contribution in [0.3, 0.4) is 0 Å². The highest BCUT2D eigenvalue weighted by Gasteiger charge is 2.53. The summed E-state index contributed by atoms with van der Waals surface area (Å²) in [6, 6.07) is 13.9. The third-order valence-corrected chi connectivity index (χ3v) is 6.51. The molecule has 2 aromatic carbocycles. The van der Waals surface area contributed by atoms with Gasteiger partial charge in [-0.2, -0.15) is 0 Å². The molecule has 1 saturated heterocycles. The first kappa shape index (κ1) is 18.2. The highest BCUT2D eigenvalue weighted by molar-refractivity contribution is 6.02. The number of ether oxygens (including phenoxy) is 1. The maximum absolute atomic E-state index is 13.0. The maximum atomic E-state index is 13.0. The second-order valence-electron chi connectivity index (χ2n) is 8.22. The van der Waals surface area contributed by atoms with Crippen LogP contribution in [0.2, 0.25) is 0 Å². The Labute approximate surface area is 170 Å². The number of fused-ring (bicyclic) bond motifs is 2. The molecule has 2 aromatic rings. The van der Waals surface area contributed by atoms with Crippen molar-refractivity contribution in [2.75, 3.05) is 20.1 Å². The lowest BCUT2D eigenvalue weighted by atomic mass is 9.87. The predicted octanol–water partition coefficient (Wildman–Crippen LogP) is 1.91. The van der Waals surface area contributed by atoms with Crippen LogP contribution in [-0.2, 0) is 0 Å². The minimum atomic E-state index is -0.246. The molecule has 6 heteroatoms. The standard InChI is InChI=1S/C23H25N3O3/c1-12-19(13-6-4-3-5-7-13)15-8-14(9-16(21(15)29-12)23(28)24-2)22(27)26-20-17-10-25-11-18(17)20/h3-9,12,17-20,25H,10-11H2,1-2H3,(H,24,28)(H,26,27)/t12-,17+,18?,19+,20?/m1/s1. The molecule has 29 heavy (non-hydrogen) atoms. The Kier molecular flexibility index (Phi) is 4.32. The first-order valence-corrected chi connectivity index (χ1v) is 10.2. The molecule has 2 unspecified atom stereocenters.